The van der Waals surface area contributed by atoms with Gasteiger partial charge in [0.05, 0.1) is 19.0 Å². The van der Waals surface area contributed by atoms with Crippen LogP contribution in [-0.4, -0.2) is 79.1 Å². The molecule has 2 saturated heterocycles. The molecule has 37 heavy (non-hydrogen) atoms. The van der Waals surface area contributed by atoms with Crippen molar-refractivity contribution in [3.05, 3.63) is 48.2 Å². The van der Waals surface area contributed by atoms with Gasteiger partial charge < -0.3 is 14.5 Å². The van der Waals surface area contributed by atoms with Crippen LogP contribution in [0.1, 0.15) is 32.3 Å². The molecule has 0 saturated carbocycles. The molecular formula is C27H37F3N4O2S. The highest BCUT2D eigenvalue weighted by molar-refractivity contribution is 8.00. The van der Waals surface area contributed by atoms with Crippen LogP contribution in [0, 0.1) is 5.92 Å². The number of amides is 1. The molecule has 0 N–H and O–H groups in total. The molecule has 2 fully saturated rings. The smallest absolute Gasteiger partial charge is 0.446 e. The topological polar surface area (TPSA) is 48.9 Å². The second-order valence-electron chi connectivity index (χ2n) is 9.38. The summed E-state index contributed by atoms with van der Waals surface area (Å²) in [6, 6.07) is 10.5. The quantitative estimate of drug-likeness (QED) is 0.424. The molecule has 2 aromatic rings. The van der Waals surface area contributed by atoms with E-state index in [2.05, 4.69) is 14.8 Å². The molecule has 0 unspecified atom stereocenters. The summed E-state index contributed by atoms with van der Waals surface area (Å²) < 4.78 is 42.7. The number of carbonyl (C=O) groups is 1. The molecule has 1 aromatic carbocycles. The zero-order valence-electron chi connectivity index (χ0n) is 20.5. The zero-order chi connectivity index (χ0) is 25.5. The van der Waals surface area contributed by atoms with Crippen LogP contribution in [0.5, 0.6) is 5.88 Å². The average molecular weight is 539 g/mol. The molecule has 2 aliphatic heterocycles. The van der Waals surface area contributed by atoms with Gasteiger partial charge in [0.1, 0.15) is 0 Å². The molecule has 0 radical (unpaired) electrons. The number of pyridine rings is 1. The van der Waals surface area contributed by atoms with Crippen LogP contribution in [0.4, 0.5) is 18.9 Å². The first kappa shape index (κ1) is 29.1. The summed E-state index contributed by atoms with van der Waals surface area (Å²) in [5.41, 5.74) is -2.17. The van der Waals surface area contributed by atoms with Crippen molar-refractivity contribution < 1.29 is 22.7 Å². The third-order valence-corrected chi connectivity index (χ3v) is 7.60. The molecule has 3 heterocycles. The number of piperazine rings is 1. The van der Waals surface area contributed by atoms with Gasteiger partial charge in [0.25, 0.3) is 0 Å². The van der Waals surface area contributed by atoms with E-state index in [1.807, 2.05) is 23.2 Å². The number of carbonyl (C=O) groups excluding carboxylic acids is 1. The summed E-state index contributed by atoms with van der Waals surface area (Å²) in [6.45, 7) is 5.87. The van der Waals surface area contributed by atoms with Gasteiger partial charge in [-0.1, -0.05) is 19.6 Å². The van der Waals surface area contributed by atoms with Gasteiger partial charge in [-0.05, 0) is 60.7 Å². The van der Waals surface area contributed by atoms with E-state index in [-0.39, 0.29) is 30.0 Å². The number of benzene rings is 1. The fraction of sp³-hybridized carbons (Fsp3) is 0.556. The normalized spacial score (nSPS) is 18.9. The predicted molar refractivity (Wildman–Crippen MR) is 142 cm³/mol. The Labute approximate surface area is 222 Å². The van der Waals surface area contributed by atoms with Crippen molar-refractivity contribution in [2.75, 3.05) is 57.8 Å². The molecule has 204 valence electrons. The standard InChI is InChI=1S/C26H33F3N4O2S.CH4/c1-35-24-9-6-22(18-30-24)32-15-13-31(14-16-32)12-10-25(34)33-11-2-3-21(19-33)17-20-4-7-23(8-5-20)36-26(27,28)29;/h4-9,18,21H,2-3,10-17,19H2,1H3;1H4/t21-;/m1./s1. The number of rotatable bonds is 8. The monoisotopic (exact) mass is 538 g/mol. The second kappa shape index (κ2) is 13.4. The fourth-order valence-corrected chi connectivity index (χ4v) is 5.48. The van der Waals surface area contributed by atoms with Crippen LogP contribution in [0.15, 0.2) is 47.5 Å². The lowest BCUT2D eigenvalue weighted by molar-refractivity contribution is -0.133. The van der Waals surface area contributed by atoms with Crippen LogP contribution < -0.4 is 9.64 Å². The Hall–Kier alpha value is -2.46. The Morgan fingerprint density at radius 3 is 2.43 bits per heavy atom. The van der Waals surface area contributed by atoms with E-state index >= 15 is 0 Å². The number of nitrogens with zero attached hydrogens (tertiary/aromatic N) is 4. The highest BCUT2D eigenvalue weighted by Crippen LogP contribution is 2.37. The third kappa shape index (κ3) is 8.81. The van der Waals surface area contributed by atoms with E-state index in [0.29, 0.717) is 18.2 Å². The molecule has 1 atom stereocenters. The molecule has 0 spiro atoms. The van der Waals surface area contributed by atoms with Crippen LogP contribution in [0.25, 0.3) is 0 Å². The van der Waals surface area contributed by atoms with Crippen molar-refractivity contribution >= 4 is 23.4 Å². The average Bonchev–Trinajstić information content (AvgIpc) is 2.88. The Balaban J connectivity index is 0.00000380. The molecule has 6 nitrogen and oxygen atoms in total. The highest BCUT2D eigenvalue weighted by atomic mass is 32.2. The van der Waals surface area contributed by atoms with E-state index < -0.39 is 5.51 Å². The number of likely N-dealkylation sites (tertiary alicyclic amines) is 1. The lowest BCUT2D eigenvalue weighted by Crippen LogP contribution is -2.48. The second-order valence-corrected chi connectivity index (χ2v) is 10.5. The maximum Gasteiger partial charge on any atom is 0.446 e. The predicted octanol–water partition coefficient (Wildman–Crippen LogP) is 5.33. The Morgan fingerprint density at radius 1 is 1.08 bits per heavy atom. The van der Waals surface area contributed by atoms with Gasteiger partial charge in [0.2, 0.25) is 11.8 Å². The molecule has 1 aromatic heterocycles. The van der Waals surface area contributed by atoms with Gasteiger partial charge in [-0.3, -0.25) is 9.69 Å². The van der Waals surface area contributed by atoms with Gasteiger partial charge >= 0.3 is 5.51 Å². The first-order chi connectivity index (χ1) is 17.3. The molecule has 0 bridgehead atoms. The number of hydrogen-bond donors (Lipinski definition) is 0. The van der Waals surface area contributed by atoms with E-state index in [4.69, 9.17) is 4.74 Å². The lowest BCUT2D eigenvalue weighted by Gasteiger charge is -2.37. The number of methoxy groups -OCH3 is 1. The number of hydrogen-bond acceptors (Lipinski definition) is 6. The van der Waals surface area contributed by atoms with Gasteiger partial charge in [-0.2, -0.15) is 13.2 Å². The van der Waals surface area contributed by atoms with Crippen molar-refractivity contribution in [2.24, 2.45) is 5.92 Å². The van der Waals surface area contributed by atoms with E-state index in [1.54, 1.807) is 19.2 Å². The minimum Gasteiger partial charge on any atom is -0.481 e. The molecule has 0 aliphatic carbocycles. The Kier molecular flexibility index (Phi) is 10.5. The summed E-state index contributed by atoms with van der Waals surface area (Å²) in [4.78, 5) is 24.0. The molecule has 10 heteroatoms. The summed E-state index contributed by atoms with van der Waals surface area (Å²) in [5.74, 6) is 1.14. The van der Waals surface area contributed by atoms with Gasteiger partial charge in [0, 0.05) is 63.2 Å². The van der Waals surface area contributed by atoms with Crippen molar-refractivity contribution in [2.45, 2.75) is 43.5 Å². The van der Waals surface area contributed by atoms with Crippen LogP contribution in [0.2, 0.25) is 0 Å². The minimum absolute atomic E-state index is 0. The van der Waals surface area contributed by atoms with Crippen molar-refractivity contribution in [1.29, 1.82) is 0 Å². The molecule has 2 aliphatic rings. The van der Waals surface area contributed by atoms with Gasteiger partial charge in [-0.25, -0.2) is 4.98 Å². The maximum absolute atomic E-state index is 12.9. The molecule has 4 rings (SSSR count). The van der Waals surface area contributed by atoms with E-state index in [9.17, 15) is 18.0 Å². The minimum atomic E-state index is -4.27. The van der Waals surface area contributed by atoms with E-state index in [1.165, 1.54) is 12.1 Å². The van der Waals surface area contributed by atoms with Gasteiger partial charge in [0.15, 0.2) is 0 Å². The number of aromatic nitrogens is 1. The zero-order valence-corrected chi connectivity index (χ0v) is 21.4. The lowest BCUT2D eigenvalue weighted by atomic mass is 9.91. The Bertz CT molecular complexity index is 981. The largest absolute Gasteiger partial charge is 0.481 e. The summed E-state index contributed by atoms with van der Waals surface area (Å²) >= 11 is -0.0897. The number of alkyl halides is 3. The summed E-state index contributed by atoms with van der Waals surface area (Å²) in [7, 11) is 1.61. The van der Waals surface area contributed by atoms with Crippen molar-refractivity contribution in [3.63, 3.8) is 0 Å². The molecule has 1 amide bonds. The maximum atomic E-state index is 12.9. The fourth-order valence-electron chi connectivity index (χ4n) is 4.94. The third-order valence-electron chi connectivity index (χ3n) is 6.86. The number of ether oxygens (including phenoxy) is 1. The summed E-state index contributed by atoms with van der Waals surface area (Å²) in [6.07, 6.45) is 5.13. The molecular weight excluding hydrogens is 501 g/mol. The number of piperidine rings is 1. The highest BCUT2D eigenvalue weighted by Gasteiger charge is 2.29. The van der Waals surface area contributed by atoms with Crippen LogP contribution >= 0.6 is 11.8 Å². The van der Waals surface area contributed by atoms with Crippen LogP contribution in [0.3, 0.4) is 0 Å². The van der Waals surface area contributed by atoms with E-state index in [0.717, 1.165) is 76.3 Å². The Morgan fingerprint density at radius 2 is 1.81 bits per heavy atom. The first-order valence-corrected chi connectivity index (χ1v) is 13.2. The van der Waals surface area contributed by atoms with Crippen molar-refractivity contribution in [1.82, 2.24) is 14.8 Å². The van der Waals surface area contributed by atoms with Crippen LogP contribution in [-0.2, 0) is 11.2 Å². The SMILES string of the molecule is C.COc1ccc(N2CCN(CCC(=O)N3CCC[C@H](Cc4ccc(SC(F)(F)F)cc4)C3)CC2)cn1. The van der Waals surface area contributed by atoms with Gasteiger partial charge in [-0.15, -0.1) is 0 Å². The number of anilines is 1. The summed E-state index contributed by atoms with van der Waals surface area (Å²) in [5, 5.41) is 0. The first-order valence-electron chi connectivity index (χ1n) is 12.4. The number of halogens is 3. The van der Waals surface area contributed by atoms with Crippen molar-refractivity contribution in [3.8, 4) is 5.88 Å². The number of thioether (sulfide) groups is 1.